The number of hydrogen-bond acceptors (Lipinski definition) is 3. The number of benzene rings is 2. The topological polar surface area (TPSA) is 72.2 Å². The van der Waals surface area contributed by atoms with Crippen LogP contribution in [0.1, 0.15) is 47.8 Å². The Morgan fingerprint density at radius 2 is 1.83 bits per heavy atom. The van der Waals surface area contributed by atoms with E-state index in [9.17, 15) is 14.9 Å². The minimum Gasteiger partial charge on any atom is -0.345 e. The highest BCUT2D eigenvalue weighted by Gasteiger charge is 2.19. The quantitative estimate of drug-likeness (QED) is 0.631. The number of carbonyl (C=O) groups excluding carboxylic acids is 1. The number of hydrogen-bond donors (Lipinski definition) is 1. The molecule has 2 aromatic rings. The van der Waals surface area contributed by atoms with E-state index in [4.69, 9.17) is 0 Å². The molecule has 0 aliphatic heterocycles. The van der Waals surface area contributed by atoms with Gasteiger partial charge in [0, 0.05) is 17.2 Å². The number of nitrogens with zero attached hydrogens (tertiary/aromatic N) is 1. The molecule has 0 aliphatic carbocycles. The molecular weight excluding hydrogens is 304 g/mol. The van der Waals surface area contributed by atoms with Crippen molar-refractivity contribution >= 4 is 11.6 Å². The van der Waals surface area contributed by atoms with Gasteiger partial charge in [-0.25, -0.2) is 0 Å². The Hall–Kier alpha value is -2.69. The first kappa shape index (κ1) is 17.7. The molecule has 2 aromatic carbocycles. The summed E-state index contributed by atoms with van der Waals surface area (Å²) in [6.07, 6.45) is 0.795. The van der Waals surface area contributed by atoms with Crippen LogP contribution >= 0.6 is 0 Å². The fraction of sp³-hybridized carbons (Fsp3) is 0.316. The molecule has 1 amide bonds. The molecule has 1 N–H and O–H groups in total. The predicted molar refractivity (Wildman–Crippen MR) is 93.9 cm³/mol. The summed E-state index contributed by atoms with van der Waals surface area (Å²) in [6, 6.07) is 14.2. The summed E-state index contributed by atoms with van der Waals surface area (Å²) in [4.78, 5) is 23.2. The molecule has 126 valence electrons. The van der Waals surface area contributed by atoms with E-state index in [1.54, 1.807) is 19.1 Å². The maximum atomic E-state index is 12.6. The number of nitro groups is 1. The lowest BCUT2D eigenvalue weighted by molar-refractivity contribution is -0.385. The van der Waals surface area contributed by atoms with Crippen molar-refractivity contribution in [3.63, 3.8) is 0 Å². The number of rotatable bonds is 6. The smallest absolute Gasteiger partial charge is 0.273 e. The number of carbonyl (C=O) groups is 1. The molecule has 0 unspecified atom stereocenters. The Morgan fingerprint density at radius 3 is 2.42 bits per heavy atom. The molecule has 24 heavy (non-hydrogen) atoms. The molecule has 0 heterocycles. The van der Waals surface area contributed by atoms with Crippen molar-refractivity contribution in [1.82, 2.24) is 5.32 Å². The van der Waals surface area contributed by atoms with Crippen LogP contribution in [-0.4, -0.2) is 10.8 Å². The minimum atomic E-state index is -0.463. The lowest BCUT2D eigenvalue weighted by Crippen LogP contribution is -2.29. The first-order chi connectivity index (χ1) is 11.4. The van der Waals surface area contributed by atoms with Gasteiger partial charge in [0.2, 0.25) is 0 Å². The summed E-state index contributed by atoms with van der Waals surface area (Å²) >= 11 is 0. The highest BCUT2D eigenvalue weighted by Crippen LogP contribution is 2.23. The van der Waals surface area contributed by atoms with Gasteiger partial charge in [-0.3, -0.25) is 14.9 Å². The molecule has 1 atom stereocenters. The van der Waals surface area contributed by atoms with E-state index in [0.29, 0.717) is 17.0 Å². The summed E-state index contributed by atoms with van der Waals surface area (Å²) < 4.78 is 0. The van der Waals surface area contributed by atoms with E-state index in [-0.39, 0.29) is 17.6 Å². The maximum Gasteiger partial charge on any atom is 0.273 e. The van der Waals surface area contributed by atoms with Crippen molar-refractivity contribution in [1.29, 1.82) is 0 Å². The standard InChI is InChI=1S/C19H22N2O3/c1-13(2)11-17(15-7-5-4-6-8-15)20-19(22)16-10-9-14(3)18(12-16)21(23)24/h4-10,12-13,17H,11H2,1-3H3,(H,20,22)/t17-/m0/s1. The molecule has 5 heteroatoms. The second-order valence-electron chi connectivity index (χ2n) is 6.32. The van der Waals surface area contributed by atoms with Crippen LogP contribution in [0, 0.1) is 23.0 Å². The second kappa shape index (κ2) is 7.73. The van der Waals surface area contributed by atoms with Crippen molar-refractivity contribution in [2.45, 2.75) is 33.2 Å². The van der Waals surface area contributed by atoms with Crippen LogP contribution in [0.2, 0.25) is 0 Å². The Morgan fingerprint density at radius 1 is 1.17 bits per heavy atom. The highest BCUT2D eigenvalue weighted by molar-refractivity contribution is 5.95. The van der Waals surface area contributed by atoms with Crippen LogP contribution in [0.5, 0.6) is 0 Å². The van der Waals surface area contributed by atoms with Crippen LogP contribution in [0.15, 0.2) is 48.5 Å². The SMILES string of the molecule is Cc1ccc(C(=O)N[C@@H](CC(C)C)c2ccccc2)cc1[N+](=O)[O-]. The predicted octanol–water partition coefficient (Wildman–Crippen LogP) is 4.42. The first-order valence-electron chi connectivity index (χ1n) is 7.99. The summed E-state index contributed by atoms with van der Waals surface area (Å²) in [5.74, 6) is 0.107. The second-order valence-corrected chi connectivity index (χ2v) is 6.32. The summed E-state index contributed by atoms with van der Waals surface area (Å²) in [6.45, 7) is 5.85. The van der Waals surface area contributed by atoms with Gasteiger partial charge in [0.05, 0.1) is 11.0 Å². The van der Waals surface area contributed by atoms with Crippen molar-refractivity contribution < 1.29 is 9.72 Å². The van der Waals surface area contributed by atoms with Crippen molar-refractivity contribution in [3.8, 4) is 0 Å². The Bertz CT molecular complexity index is 727. The molecule has 0 bridgehead atoms. The lowest BCUT2D eigenvalue weighted by atomic mass is 9.96. The lowest BCUT2D eigenvalue weighted by Gasteiger charge is -2.21. The molecule has 0 radical (unpaired) electrons. The first-order valence-corrected chi connectivity index (χ1v) is 7.99. The van der Waals surface area contributed by atoms with E-state index in [0.717, 1.165) is 12.0 Å². The normalized spacial score (nSPS) is 12.0. The fourth-order valence-corrected chi connectivity index (χ4v) is 2.62. The van der Waals surface area contributed by atoms with Crippen LogP contribution in [0.3, 0.4) is 0 Å². The molecule has 0 fully saturated rings. The van der Waals surface area contributed by atoms with E-state index < -0.39 is 4.92 Å². The van der Waals surface area contributed by atoms with Crippen molar-refractivity contribution in [2.75, 3.05) is 0 Å². The summed E-state index contributed by atoms with van der Waals surface area (Å²) in [5.41, 5.74) is 1.83. The summed E-state index contributed by atoms with van der Waals surface area (Å²) in [5, 5.41) is 14.1. The maximum absolute atomic E-state index is 12.6. The van der Waals surface area contributed by atoms with Gasteiger partial charge >= 0.3 is 0 Å². The van der Waals surface area contributed by atoms with Crippen LogP contribution in [-0.2, 0) is 0 Å². The Kier molecular flexibility index (Phi) is 5.68. The van der Waals surface area contributed by atoms with E-state index in [1.807, 2.05) is 30.3 Å². The molecule has 5 nitrogen and oxygen atoms in total. The molecule has 0 spiro atoms. The molecule has 0 aliphatic rings. The highest BCUT2D eigenvalue weighted by atomic mass is 16.6. The third kappa shape index (κ3) is 4.41. The van der Waals surface area contributed by atoms with E-state index in [1.165, 1.54) is 6.07 Å². The monoisotopic (exact) mass is 326 g/mol. The number of amides is 1. The third-order valence-corrected chi connectivity index (χ3v) is 3.88. The minimum absolute atomic E-state index is 0.0391. The van der Waals surface area contributed by atoms with E-state index >= 15 is 0 Å². The van der Waals surface area contributed by atoms with Crippen molar-refractivity contribution in [2.24, 2.45) is 5.92 Å². The van der Waals surface area contributed by atoms with Gasteiger partial charge in [-0.2, -0.15) is 0 Å². The fourth-order valence-electron chi connectivity index (χ4n) is 2.62. The van der Waals surface area contributed by atoms with Gasteiger partial charge < -0.3 is 5.32 Å². The Labute approximate surface area is 141 Å². The molecule has 0 saturated heterocycles. The average molecular weight is 326 g/mol. The third-order valence-electron chi connectivity index (χ3n) is 3.88. The molecule has 2 rings (SSSR count). The van der Waals surface area contributed by atoms with Gasteiger partial charge in [-0.15, -0.1) is 0 Å². The Balaban J connectivity index is 2.25. The zero-order chi connectivity index (χ0) is 17.7. The van der Waals surface area contributed by atoms with Gasteiger partial charge in [0.1, 0.15) is 0 Å². The number of nitrogens with one attached hydrogen (secondary N) is 1. The van der Waals surface area contributed by atoms with Gasteiger partial charge in [-0.05, 0) is 30.9 Å². The van der Waals surface area contributed by atoms with Gasteiger partial charge in [-0.1, -0.05) is 50.2 Å². The van der Waals surface area contributed by atoms with Crippen LogP contribution in [0.25, 0.3) is 0 Å². The average Bonchev–Trinajstić information content (AvgIpc) is 2.54. The van der Waals surface area contributed by atoms with Crippen LogP contribution in [0.4, 0.5) is 5.69 Å². The van der Waals surface area contributed by atoms with Gasteiger partial charge in [0.25, 0.3) is 11.6 Å². The van der Waals surface area contributed by atoms with Gasteiger partial charge in [0.15, 0.2) is 0 Å². The van der Waals surface area contributed by atoms with Crippen LogP contribution < -0.4 is 5.32 Å². The summed E-state index contributed by atoms with van der Waals surface area (Å²) in [7, 11) is 0. The molecule has 0 saturated carbocycles. The molecular formula is C19H22N2O3. The van der Waals surface area contributed by atoms with E-state index in [2.05, 4.69) is 19.2 Å². The number of nitro benzene ring substituents is 1. The number of aryl methyl sites for hydroxylation is 1. The zero-order valence-corrected chi connectivity index (χ0v) is 14.2. The van der Waals surface area contributed by atoms with Crippen molar-refractivity contribution in [3.05, 3.63) is 75.3 Å². The molecule has 0 aromatic heterocycles. The zero-order valence-electron chi connectivity index (χ0n) is 14.2. The largest absolute Gasteiger partial charge is 0.345 e.